The van der Waals surface area contributed by atoms with Gasteiger partial charge in [0.2, 0.25) is 17.2 Å². The first-order chi connectivity index (χ1) is 7.95. The highest BCUT2D eigenvalue weighted by Gasteiger charge is 2.15. The van der Waals surface area contributed by atoms with Gasteiger partial charge in [0.1, 0.15) is 0 Å². The van der Waals surface area contributed by atoms with Gasteiger partial charge in [-0.3, -0.25) is 0 Å². The van der Waals surface area contributed by atoms with Crippen molar-refractivity contribution < 1.29 is 0 Å². The fraction of sp³-hybridized carbons (Fsp3) is 0.727. The minimum atomic E-state index is 0.237. The minimum absolute atomic E-state index is 0.237. The molecule has 0 bridgehead atoms. The zero-order valence-corrected chi connectivity index (χ0v) is 11.9. The van der Waals surface area contributed by atoms with Crippen LogP contribution in [-0.4, -0.2) is 41.6 Å². The van der Waals surface area contributed by atoms with Crippen LogP contribution >= 0.6 is 11.6 Å². The van der Waals surface area contributed by atoms with E-state index in [0.717, 1.165) is 13.0 Å². The Hall–Kier alpha value is -1.10. The van der Waals surface area contributed by atoms with Crippen molar-refractivity contribution in [3.63, 3.8) is 0 Å². The van der Waals surface area contributed by atoms with Gasteiger partial charge in [-0.1, -0.05) is 6.92 Å². The highest BCUT2D eigenvalue weighted by Crippen LogP contribution is 2.17. The van der Waals surface area contributed by atoms with E-state index in [1.165, 1.54) is 0 Å². The summed E-state index contributed by atoms with van der Waals surface area (Å²) in [6.07, 6.45) is 1.04. The van der Waals surface area contributed by atoms with Crippen molar-refractivity contribution >= 4 is 23.5 Å². The lowest BCUT2D eigenvalue weighted by Crippen LogP contribution is -2.33. The normalized spacial score (nSPS) is 10.8. The third-order valence-corrected chi connectivity index (χ3v) is 2.50. The Balaban J connectivity index is 3.10. The number of halogens is 1. The summed E-state index contributed by atoms with van der Waals surface area (Å²) in [7, 11) is 3.77. The molecule has 0 aliphatic rings. The molecule has 6 heteroatoms. The van der Waals surface area contributed by atoms with Crippen LogP contribution in [0.5, 0.6) is 0 Å². The first kappa shape index (κ1) is 14.0. The number of aromatic nitrogens is 3. The number of hydrogen-bond acceptors (Lipinski definition) is 5. The van der Waals surface area contributed by atoms with Crippen LogP contribution in [0.15, 0.2) is 0 Å². The summed E-state index contributed by atoms with van der Waals surface area (Å²) in [5.74, 6) is 1.23. The van der Waals surface area contributed by atoms with Gasteiger partial charge in [0.05, 0.1) is 0 Å². The van der Waals surface area contributed by atoms with Crippen LogP contribution in [0.2, 0.25) is 5.28 Å². The molecule has 0 aliphatic heterocycles. The van der Waals surface area contributed by atoms with Gasteiger partial charge in [-0.05, 0) is 31.9 Å². The summed E-state index contributed by atoms with van der Waals surface area (Å²) in [6.45, 7) is 7.27. The van der Waals surface area contributed by atoms with Crippen LogP contribution < -0.4 is 9.80 Å². The molecule has 0 atom stereocenters. The number of anilines is 2. The number of rotatable bonds is 5. The fourth-order valence-corrected chi connectivity index (χ4v) is 1.64. The molecule has 96 valence electrons. The predicted molar refractivity (Wildman–Crippen MR) is 71.9 cm³/mol. The second-order valence-electron chi connectivity index (χ2n) is 4.39. The van der Waals surface area contributed by atoms with Crippen molar-refractivity contribution in [1.29, 1.82) is 0 Å². The van der Waals surface area contributed by atoms with E-state index in [2.05, 4.69) is 40.6 Å². The number of nitrogens with zero attached hydrogens (tertiary/aromatic N) is 5. The van der Waals surface area contributed by atoms with Gasteiger partial charge in [-0.2, -0.15) is 15.0 Å². The molecule has 5 nitrogen and oxygen atoms in total. The Labute approximate surface area is 108 Å². The van der Waals surface area contributed by atoms with Crippen LogP contribution in [-0.2, 0) is 0 Å². The summed E-state index contributed by atoms with van der Waals surface area (Å²) in [4.78, 5) is 16.6. The standard InChI is InChI=1S/C11H20ClN5/c1-6-7-17(8(2)3)11-14-9(12)13-10(15-11)16(4)5/h8H,6-7H2,1-5H3. The molecule has 1 aromatic heterocycles. The van der Waals surface area contributed by atoms with E-state index in [1.807, 2.05) is 19.0 Å². The molecule has 0 radical (unpaired) electrons. The van der Waals surface area contributed by atoms with Crippen molar-refractivity contribution in [2.75, 3.05) is 30.4 Å². The molecule has 1 rings (SSSR count). The quantitative estimate of drug-likeness (QED) is 0.809. The van der Waals surface area contributed by atoms with E-state index in [-0.39, 0.29) is 5.28 Å². The monoisotopic (exact) mass is 257 g/mol. The second kappa shape index (κ2) is 6.00. The highest BCUT2D eigenvalue weighted by molar-refractivity contribution is 6.28. The van der Waals surface area contributed by atoms with Gasteiger partial charge in [-0.15, -0.1) is 0 Å². The predicted octanol–water partition coefficient (Wildman–Crippen LogP) is 2.22. The van der Waals surface area contributed by atoms with Gasteiger partial charge in [0, 0.05) is 26.7 Å². The molecule has 0 saturated heterocycles. The average molecular weight is 258 g/mol. The lowest BCUT2D eigenvalue weighted by atomic mass is 10.3. The Bertz CT molecular complexity index is 367. The molecular formula is C11H20ClN5. The van der Waals surface area contributed by atoms with E-state index in [1.54, 1.807) is 0 Å². The molecule has 0 aliphatic carbocycles. The first-order valence-electron chi connectivity index (χ1n) is 5.81. The molecule has 0 N–H and O–H groups in total. The Morgan fingerprint density at radius 3 is 2.18 bits per heavy atom. The molecule has 17 heavy (non-hydrogen) atoms. The molecule has 0 amide bonds. The summed E-state index contributed by atoms with van der Waals surface area (Å²) in [5.41, 5.74) is 0. The van der Waals surface area contributed by atoms with Crippen molar-refractivity contribution in [3.05, 3.63) is 5.28 Å². The van der Waals surface area contributed by atoms with Gasteiger partial charge < -0.3 is 9.80 Å². The third-order valence-electron chi connectivity index (χ3n) is 2.33. The van der Waals surface area contributed by atoms with E-state index < -0.39 is 0 Å². The van der Waals surface area contributed by atoms with Crippen molar-refractivity contribution in [1.82, 2.24) is 15.0 Å². The zero-order chi connectivity index (χ0) is 13.0. The summed E-state index contributed by atoms with van der Waals surface area (Å²) in [5, 5.41) is 0.237. The highest BCUT2D eigenvalue weighted by atomic mass is 35.5. The van der Waals surface area contributed by atoms with Crippen LogP contribution in [0, 0.1) is 0 Å². The van der Waals surface area contributed by atoms with E-state index in [9.17, 15) is 0 Å². The van der Waals surface area contributed by atoms with Gasteiger partial charge in [0.15, 0.2) is 0 Å². The van der Waals surface area contributed by atoms with Crippen LogP contribution in [0.3, 0.4) is 0 Å². The van der Waals surface area contributed by atoms with E-state index >= 15 is 0 Å². The lowest BCUT2D eigenvalue weighted by Gasteiger charge is -2.26. The van der Waals surface area contributed by atoms with Crippen LogP contribution in [0.1, 0.15) is 27.2 Å². The Kier molecular flexibility index (Phi) is 4.93. The Morgan fingerprint density at radius 2 is 1.71 bits per heavy atom. The SMILES string of the molecule is CCCN(c1nc(Cl)nc(N(C)C)n1)C(C)C. The smallest absolute Gasteiger partial charge is 0.231 e. The maximum atomic E-state index is 5.93. The second-order valence-corrected chi connectivity index (χ2v) is 4.72. The molecule has 0 aromatic carbocycles. The van der Waals surface area contributed by atoms with Gasteiger partial charge >= 0.3 is 0 Å². The van der Waals surface area contributed by atoms with Crippen molar-refractivity contribution in [3.8, 4) is 0 Å². The molecule has 0 fully saturated rings. The molecule has 0 unspecified atom stereocenters. The van der Waals surface area contributed by atoms with Gasteiger partial charge in [-0.25, -0.2) is 0 Å². The van der Waals surface area contributed by atoms with Crippen molar-refractivity contribution in [2.24, 2.45) is 0 Å². The van der Waals surface area contributed by atoms with Gasteiger partial charge in [0.25, 0.3) is 0 Å². The van der Waals surface area contributed by atoms with E-state index in [4.69, 9.17) is 11.6 Å². The topological polar surface area (TPSA) is 45.2 Å². The molecule has 1 heterocycles. The average Bonchev–Trinajstić information content (AvgIpc) is 2.24. The van der Waals surface area contributed by atoms with E-state index in [0.29, 0.717) is 17.9 Å². The maximum Gasteiger partial charge on any atom is 0.231 e. The zero-order valence-electron chi connectivity index (χ0n) is 11.1. The molecular weight excluding hydrogens is 238 g/mol. The fourth-order valence-electron chi connectivity index (χ4n) is 1.49. The largest absolute Gasteiger partial charge is 0.347 e. The Morgan fingerprint density at radius 1 is 1.12 bits per heavy atom. The third kappa shape index (κ3) is 3.70. The molecule has 1 aromatic rings. The maximum absolute atomic E-state index is 5.93. The summed E-state index contributed by atoms with van der Waals surface area (Å²) < 4.78 is 0. The molecule has 0 saturated carbocycles. The first-order valence-corrected chi connectivity index (χ1v) is 6.19. The molecule has 0 spiro atoms. The lowest BCUT2D eigenvalue weighted by molar-refractivity contribution is 0.648. The summed E-state index contributed by atoms with van der Waals surface area (Å²) in [6, 6.07) is 0.337. The van der Waals surface area contributed by atoms with Crippen LogP contribution in [0.4, 0.5) is 11.9 Å². The summed E-state index contributed by atoms with van der Waals surface area (Å²) >= 11 is 5.93. The number of hydrogen-bond donors (Lipinski definition) is 0. The minimum Gasteiger partial charge on any atom is -0.347 e. The van der Waals surface area contributed by atoms with Crippen molar-refractivity contribution in [2.45, 2.75) is 33.2 Å². The van der Waals surface area contributed by atoms with Crippen LogP contribution in [0.25, 0.3) is 0 Å².